The Bertz CT molecular complexity index is 604. The molecule has 0 saturated carbocycles. The second-order valence-electron chi connectivity index (χ2n) is 3.44. The largest absolute Gasteiger partial charge is 0.298 e. The monoisotopic (exact) mass is 319 g/mol. The second-order valence-corrected chi connectivity index (χ2v) is 5.10. The Morgan fingerprint density at radius 3 is 2.11 bits per heavy atom. The summed E-state index contributed by atoms with van der Waals surface area (Å²) in [5.41, 5.74) is 1.25. The Labute approximate surface area is 123 Å². The third-order valence-corrected chi connectivity index (χ3v) is 3.45. The highest BCUT2D eigenvalue weighted by atomic mass is 35.5. The van der Waals surface area contributed by atoms with Gasteiger partial charge in [-0.3, -0.25) is 9.78 Å². The van der Waals surface area contributed by atoms with Gasteiger partial charge in [0.15, 0.2) is 6.29 Å². The van der Waals surface area contributed by atoms with E-state index in [1.807, 2.05) is 0 Å². The van der Waals surface area contributed by atoms with Crippen molar-refractivity contribution in [2.75, 3.05) is 0 Å². The van der Waals surface area contributed by atoms with Crippen molar-refractivity contribution in [3.05, 3.63) is 50.2 Å². The summed E-state index contributed by atoms with van der Waals surface area (Å²) in [5, 5.41) is 1.32. The van der Waals surface area contributed by atoms with Crippen LogP contribution in [-0.4, -0.2) is 11.3 Å². The second kappa shape index (κ2) is 5.45. The average Bonchev–Trinajstić information content (AvgIpc) is 2.27. The number of hydrogen-bond donors (Lipinski definition) is 0. The minimum Gasteiger partial charge on any atom is -0.298 e. The summed E-state index contributed by atoms with van der Waals surface area (Å²) in [7, 11) is 0. The first-order valence-electron chi connectivity index (χ1n) is 4.78. The van der Waals surface area contributed by atoms with Gasteiger partial charge in [0.1, 0.15) is 0 Å². The maximum atomic E-state index is 11.1. The molecule has 0 unspecified atom stereocenters. The zero-order chi connectivity index (χ0) is 13.3. The average molecular weight is 321 g/mol. The molecule has 1 heterocycles. The van der Waals surface area contributed by atoms with Gasteiger partial charge in [0.25, 0.3) is 0 Å². The Kier molecular flexibility index (Phi) is 4.13. The maximum absolute atomic E-state index is 11.1. The van der Waals surface area contributed by atoms with E-state index in [1.165, 1.54) is 12.4 Å². The van der Waals surface area contributed by atoms with Crippen LogP contribution in [0.4, 0.5) is 0 Å². The van der Waals surface area contributed by atoms with Crippen LogP contribution in [0.3, 0.4) is 0 Å². The van der Waals surface area contributed by atoms with Gasteiger partial charge < -0.3 is 0 Å². The van der Waals surface area contributed by atoms with Crippen molar-refractivity contribution >= 4 is 52.7 Å². The molecule has 6 heteroatoms. The molecule has 0 atom stereocenters. The Morgan fingerprint density at radius 2 is 1.56 bits per heavy atom. The molecule has 0 fully saturated rings. The van der Waals surface area contributed by atoms with Gasteiger partial charge in [-0.2, -0.15) is 0 Å². The van der Waals surface area contributed by atoms with E-state index in [4.69, 9.17) is 46.4 Å². The van der Waals surface area contributed by atoms with Crippen LogP contribution in [0.1, 0.15) is 10.4 Å². The number of carbonyl (C=O) groups is 1. The fraction of sp³-hybridized carbons (Fsp3) is 0. The predicted octanol–water partition coefficient (Wildman–Crippen LogP) is 5.17. The molecule has 1 aromatic carbocycles. The number of aromatic nitrogens is 1. The van der Waals surface area contributed by atoms with Gasteiger partial charge >= 0.3 is 0 Å². The molecule has 92 valence electrons. The molecule has 0 spiro atoms. The zero-order valence-electron chi connectivity index (χ0n) is 8.75. The Balaban J connectivity index is 2.77. The number of carbonyl (C=O) groups excluding carboxylic acids is 1. The molecule has 0 aliphatic rings. The first-order valence-corrected chi connectivity index (χ1v) is 6.29. The molecular formula is C12H5Cl4NO. The maximum Gasteiger partial charge on any atom is 0.152 e. The molecule has 1 aromatic heterocycles. The van der Waals surface area contributed by atoms with Crippen LogP contribution in [-0.2, 0) is 0 Å². The number of benzene rings is 1. The molecule has 2 rings (SSSR count). The molecule has 0 bridgehead atoms. The minimum absolute atomic E-state index is 0.240. The van der Waals surface area contributed by atoms with Crippen molar-refractivity contribution in [2.45, 2.75) is 0 Å². The molecule has 18 heavy (non-hydrogen) atoms. The highest BCUT2D eigenvalue weighted by molar-refractivity contribution is 6.42. The molecule has 2 nitrogen and oxygen atoms in total. The lowest BCUT2D eigenvalue weighted by Gasteiger charge is -2.10. The molecule has 2 aromatic rings. The SMILES string of the molecule is O=Cc1c(Cl)cncc1-c1c(Cl)cc(Cl)cc1Cl. The Hall–Kier alpha value is -0.800. The quantitative estimate of drug-likeness (QED) is 0.714. The van der Waals surface area contributed by atoms with Crippen molar-refractivity contribution in [1.82, 2.24) is 4.98 Å². The van der Waals surface area contributed by atoms with E-state index in [9.17, 15) is 4.79 Å². The number of pyridine rings is 1. The molecule has 0 saturated heterocycles. The highest BCUT2D eigenvalue weighted by Crippen LogP contribution is 2.39. The molecule has 0 aliphatic carbocycles. The number of aldehydes is 1. The van der Waals surface area contributed by atoms with E-state index in [1.54, 1.807) is 12.1 Å². The van der Waals surface area contributed by atoms with Crippen molar-refractivity contribution in [1.29, 1.82) is 0 Å². The molecule has 0 amide bonds. The third kappa shape index (κ3) is 2.47. The molecule has 0 radical (unpaired) electrons. The molecule has 0 N–H and O–H groups in total. The first-order chi connectivity index (χ1) is 8.54. The summed E-state index contributed by atoms with van der Waals surface area (Å²) in [4.78, 5) is 15.0. The van der Waals surface area contributed by atoms with Crippen LogP contribution < -0.4 is 0 Å². The van der Waals surface area contributed by atoms with Crippen LogP contribution in [0.25, 0.3) is 11.1 Å². The summed E-state index contributed by atoms with van der Waals surface area (Å²) in [6.07, 6.45) is 3.50. The van der Waals surface area contributed by atoms with Gasteiger partial charge in [-0.05, 0) is 12.1 Å². The third-order valence-electron chi connectivity index (χ3n) is 2.33. The van der Waals surface area contributed by atoms with E-state index in [0.29, 0.717) is 32.5 Å². The number of hydrogen-bond acceptors (Lipinski definition) is 2. The van der Waals surface area contributed by atoms with Gasteiger partial charge in [0, 0.05) is 34.1 Å². The van der Waals surface area contributed by atoms with Crippen molar-refractivity contribution in [3.8, 4) is 11.1 Å². The van der Waals surface area contributed by atoms with Crippen LogP contribution in [0.15, 0.2) is 24.5 Å². The molecular weight excluding hydrogens is 316 g/mol. The predicted molar refractivity (Wildman–Crippen MR) is 75.1 cm³/mol. The van der Waals surface area contributed by atoms with Crippen LogP contribution in [0, 0.1) is 0 Å². The fourth-order valence-electron chi connectivity index (χ4n) is 1.56. The van der Waals surface area contributed by atoms with Gasteiger partial charge in [0.2, 0.25) is 0 Å². The topological polar surface area (TPSA) is 30.0 Å². The summed E-state index contributed by atoms with van der Waals surface area (Å²) in [6.45, 7) is 0. The number of rotatable bonds is 2. The lowest BCUT2D eigenvalue weighted by molar-refractivity contribution is 0.112. The first kappa shape index (κ1) is 13.6. The summed E-state index contributed by atoms with van der Waals surface area (Å²) >= 11 is 23.9. The number of halogens is 4. The lowest BCUT2D eigenvalue weighted by Crippen LogP contribution is -1.92. The van der Waals surface area contributed by atoms with E-state index in [-0.39, 0.29) is 10.6 Å². The lowest BCUT2D eigenvalue weighted by atomic mass is 10.0. The van der Waals surface area contributed by atoms with Crippen LogP contribution >= 0.6 is 46.4 Å². The summed E-state index contributed by atoms with van der Waals surface area (Å²) in [5.74, 6) is 0. The van der Waals surface area contributed by atoms with Gasteiger partial charge in [-0.1, -0.05) is 46.4 Å². The summed E-state index contributed by atoms with van der Waals surface area (Å²) in [6, 6.07) is 3.08. The van der Waals surface area contributed by atoms with Gasteiger partial charge in [0.05, 0.1) is 15.1 Å². The van der Waals surface area contributed by atoms with Gasteiger partial charge in [-0.15, -0.1) is 0 Å². The highest BCUT2D eigenvalue weighted by Gasteiger charge is 2.16. The van der Waals surface area contributed by atoms with Crippen molar-refractivity contribution in [2.24, 2.45) is 0 Å². The number of nitrogens with zero attached hydrogens (tertiary/aromatic N) is 1. The van der Waals surface area contributed by atoms with E-state index in [0.717, 1.165) is 0 Å². The smallest absolute Gasteiger partial charge is 0.152 e. The van der Waals surface area contributed by atoms with Gasteiger partial charge in [-0.25, -0.2) is 0 Å². The standard InChI is InChI=1S/C12H5Cl4NO/c13-6-1-9(14)12(10(15)2-6)7-3-17-4-11(16)8(7)5-18/h1-5H. The van der Waals surface area contributed by atoms with Crippen molar-refractivity contribution in [3.63, 3.8) is 0 Å². The van der Waals surface area contributed by atoms with E-state index >= 15 is 0 Å². The summed E-state index contributed by atoms with van der Waals surface area (Å²) < 4.78 is 0. The fourth-order valence-corrected chi connectivity index (χ4v) is 2.79. The Morgan fingerprint density at radius 1 is 0.944 bits per heavy atom. The zero-order valence-corrected chi connectivity index (χ0v) is 11.8. The normalized spacial score (nSPS) is 10.4. The molecule has 0 aliphatic heterocycles. The van der Waals surface area contributed by atoms with E-state index < -0.39 is 0 Å². The van der Waals surface area contributed by atoms with Crippen molar-refractivity contribution < 1.29 is 4.79 Å². The van der Waals surface area contributed by atoms with E-state index in [2.05, 4.69) is 4.98 Å². The minimum atomic E-state index is 0.240. The van der Waals surface area contributed by atoms with Crippen LogP contribution in [0.5, 0.6) is 0 Å². The van der Waals surface area contributed by atoms with Crippen LogP contribution in [0.2, 0.25) is 20.1 Å².